The van der Waals surface area contributed by atoms with Crippen molar-refractivity contribution in [2.75, 3.05) is 13.7 Å². The predicted octanol–water partition coefficient (Wildman–Crippen LogP) is 1.64. The number of carbonyl (C=O) groups is 1. The highest BCUT2D eigenvalue weighted by atomic mass is 16.5. The summed E-state index contributed by atoms with van der Waals surface area (Å²) in [6.07, 6.45) is 5.74. The van der Waals surface area contributed by atoms with Gasteiger partial charge in [0.2, 0.25) is 0 Å². The molecule has 1 amide bonds. The van der Waals surface area contributed by atoms with Gasteiger partial charge in [-0.05, 0) is 19.4 Å². The van der Waals surface area contributed by atoms with Gasteiger partial charge in [-0.1, -0.05) is 0 Å². The Bertz CT molecular complexity index is 961. The summed E-state index contributed by atoms with van der Waals surface area (Å²) < 4.78 is 14.6. The normalized spacial score (nSPS) is 19.8. The minimum Gasteiger partial charge on any atom is -0.497 e. The van der Waals surface area contributed by atoms with Gasteiger partial charge >= 0.3 is 0 Å². The first kappa shape index (κ1) is 16.6. The molecule has 8 heteroatoms. The van der Waals surface area contributed by atoms with Gasteiger partial charge in [-0.2, -0.15) is 5.10 Å². The van der Waals surface area contributed by atoms with E-state index in [2.05, 4.69) is 15.4 Å². The van der Waals surface area contributed by atoms with Gasteiger partial charge in [0.05, 0.1) is 25.5 Å². The first-order valence-electron chi connectivity index (χ1n) is 8.50. The van der Waals surface area contributed by atoms with Crippen LogP contribution in [0.25, 0.3) is 5.65 Å². The Kier molecular flexibility index (Phi) is 4.12. The molecule has 0 bridgehead atoms. The Labute approximate surface area is 150 Å². The molecule has 8 nitrogen and oxygen atoms in total. The van der Waals surface area contributed by atoms with Crippen molar-refractivity contribution in [3.8, 4) is 5.75 Å². The molecule has 0 unspecified atom stereocenters. The molecule has 136 valence electrons. The molecule has 0 spiro atoms. The number of pyridine rings is 1. The fourth-order valence-corrected chi connectivity index (χ4v) is 3.34. The fraction of sp³-hybridized carbons (Fsp3) is 0.389. The molecule has 1 saturated heterocycles. The molecular formula is C18H21N5O3. The third-order valence-corrected chi connectivity index (χ3v) is 4.94. The van der Waals surface area contributed by atoms with E-state index in [4.69, 9.17) is 9.47 Å². The second-order valence-electron chi connectivity index (χ2n) is 6.41. The Morgan fingerprint density at radius 3 is 3.00 bits per heavy atom. The monoisotopic (exact) mass is 355 g/mol. The second-order valence-corrected chi connectivity index (χ2v) is 6.41. The van der Waals surface area contributed by atoms with Crippen LogP contribution in [0.5, 0.6) is 5.75 Å². The van der Waals surface area contributed by atoms with E-state index in [1.807, 2.05) is 24.9 Å². The van der Waals surface area contributed by atoms with E-state index in [-0.39, 0.29) is 18.1 Å². The van der Waals surface area contributed by atoms with Gasteiger partial charge in [0.1, 0.15) is 23.2 Å². The molecule has 0 aliphatic carbocycles. The molecule has 1 N–H and O–H groups in total. The van der Waals surface area contributed by atoms with Crippen LogP contribution in [-0.4, -0.2) is 44.8 Å². The van der Waals surface area contributed by atoms with Gasteiger partial charge in [-0.25, -0.2) is 4.98 Å². The number of amides is 1. The van der Waals surface area contributed by atoms with Crippen LogP contribution in [0.2, 0.25) is 0 Å². The number of aromatic nitrogens is 4. The fourth-order valence-electron chi connectivity index (χ4n) is 3.34. The first-order chi connectivity index (χ1) is 12.6. The summed E-state index contributed by atoms with van der Waals surface area (Å²) in [4.78, 5) is 17.1. The zero-order valence-electron chi connectivity index (χ0n) is 15.0. The van der Waals surface area contributed by atoms with Gasteiger partial charge in [-0.3, -0.25) is 13.9 Å². The van der Waals surface area contributed by atoms with E-state index < -0.39 is 0 Å². The van der Waals surface area contributed by atoms with Crippen LogP contribution in [0, 0.1) is 6.92 Å². The third kappa shape index (κ3) is 2.72. The number of nitrogens with one attached hydrogen (secondary N) is 1. The van der Waals surface area contributed by atoms with Crippen molar-refractivity contribution < 1.29 is 14.3 Å². The Hall–Kier alpha value is -2.87. The molecule has 4 rings (SSSR count). The van der Waals surface area contributed by atoms with Crippen LogP contribution >= 0.6 is 0 Å². The number of hydrogen-bond acceptors (Lipinski definition) is 5. The number of aryl methyl sites for hydroxylation is 1. The van der Waals surface area contributed by atoms with E-state index in [9.17, 15) is 4.79 Å². The smallest absolute Gasteiger partial charge is 0.270 e. The lowest BCUT2D eigenvalue weighted by molar-refractivity contribution is 0.0815. The van der Waals surface area contributed by atoms with E-state index in [0.29, 0.717) is 23.7 Å². The van der Waals surface area contributed by atoms with Crippen molar-refractivity contribution in [1.29, 1.82) is 0 Å². The maximum Gasteiger partial charge on any atom is 0.270 e. The molecule has 1 fully saturated rings. The number of ether oxygens (including phenoxy) is 2. The number of rotatable bonds is 4. The largest absolute Gasteiger partial charge is 0.497 e. The van der Waals surface area contributed by atoms with Crippen LogP contribution < -0.4 is 10.1 Å². The molecule has 0 radical (unpaired) electrons. The standard InChI is InChI=1S/C18H21N5O3/c1-11-13(9-20-22(11)2)17-14(5-7-26-17)21-18(24)15-10-19-16-8-12(25-3)4-6-23(15)16/h4,6,8-10,14,17H,5,7H2,1-3H3,(H,21,24)/t14-,17+/m0/s1. The molecule has 2 atom stereocenters. The van der Waals surface area contributed by atoms with Crippen molar-refractivity contribution in [1.82, 2.24) is 24.5 Å². The zero-order chi connectivity index (χ0) is 18.3. The second kappa shape index (κ2) is 6.45. The van der Waals surface area contributed by atoms with E-state index >= 15 is 0 Å². The lowest BCUT2D eigenvalue weighted by Gasteiger charge is -2.19. The Morgan fingerprint density at radius 2 is 2.27 bits per heavy atom. The Balaban J connectivity index is 1.57. The van der Waals surface area contributed by atoms with Gasteiger partial charge in [-0.15, -0.1) is 0 Å². The van der Waals surface area contributed by atoms with E-state index in [0.717, 1.165) is 17.7 Å². The van der Waals surface area contributed by atoms with Crippen LogP contribution in [0.15, 0.2) is 30.7 Å². The summed E-state index contributed by atoms with van der Waals surface area (Å²) in [7, 11) is 3.50. The molecule has 0 aromatic carbocycles. The van der Waals surface area contributed by atoms with Gasteiger partial charge in [0.15, 0.2) is 0 Å². The molecule has 0 saturated carbocycles. The first-order valence-corrected chi connectivity index (χ1v) is 8.50. The van der Waals surface area contributed by atoms with Crippen molar-refractivity contribution >= 4 is 11.6 Å². The number of imidazole rings is 1. The number of fused-ring (bicyclic) bond motifs is 1. The average molecular weight is 355 g/mol. The molecule has 1 aliphatic rings. The highest BCUT2D eigenvalue weighted by molar-refractivity contribution is 5.93. The number of hydrogen-bond donors (Lipinski definition) is 1. The summed E-state index contributed by atoms with van der Waals surface area (Å²) in [5.41, 5.74) is 3.20. The van der Waals surface area contributed by atoms with Crippen molar-refractivity contribution in [2.24, 2.45) is 7.05 Å². The summed E-state index contributed by atoms with van der Waals surface area (Å²) in [5, 5.41) is 7.37. The van der Waals surface area contributed by atoms with Gasteiger partial charge in [0.25, 0.3) is 5.91 Å². The Morgan fingerprint density at radius 1 is 1.42 bits per heavy atom. The van der Waals surface area contributed by atoms with Crippen molar-refractivity contribution in [3.63, 3.8) is 0 Å². The topological polar surface area (TPSA) is 82.7 Å². The number of methoxy groups -OCH3 is 1. The van der Waals surface area contributed by atoms with Gasteiger partial charge < -0.3 is 14.8 Å². The van der Waals surface area contributed by atoms with Gasteiger partial charge in [0, 0.05) is 37.2 Å². The number of carbonyl (C=O) groups excluding carboxylic acids is 1. The summed E-state index contributed by atoms with van der Waals surface area (Å²) in [6.45, 7) is 2.61. The molecule has 4 heterocycles. The maximum atomic E-state index is 12.8. The quantitative estimate of drug-likeness (QED) is 0.769. The van der Waals surface area contributed by atoms with Crippen LogP contribution in [0.3, 0.4) is 0 Å². The van der Waals surface area contributed by atoms with Crippen molar-refractivity contribution in [3.05, 3.63) is 47.7 Å². The molecule has 3 aromatic rings. The highest BCUT2D eigenvalue weighted by Crippen LogP contribution is 2.31. The van der Waals surface area contributed by atoms with Crippen LogP contribution in [0.4, 0.5) is 0 Å². The number of nitrogens with zero attached hydrogens (tertiary/aromatic N) is 4. The predicted molar refractivity (Wildman–Crippen MR) is 94.3 cm³/mol. The van der Waals surface area contributed by atoms with Crippen LogP contribution in [0.1, 0.15) is 34.3 Å². The van der Waals surface area contributed by atoms with Crippen LogP contribution in [-0.2, 0) is 11.8 Å². The minimum atomic E-state index is -0.188. The molecule has 26 heavy (non-hydrogen) atoms. The molecule has 1 aliphatic heterocycles. The van der Waals surface area contributed by atoms with Crippen molar-refractivity contribution in [2.45, 2.75) is 25.5 Å². The summed E-state index contributed by atoms with van der Waals surface area (Å²) in [6, 6.07) is 3.48. The molecular weight excluding hydrogens is 334 g/mol. The lowest BCUT2D eigenvalue weighted by atomic mass is 10.0. The lowest BCUT2D eigenvalue weighted by Crippen LogP contribution is -2.37. The summed E-state index contributed by atoms with van der Waals surface area (Å²) >= 11 is 0. The summed E-state index contributed by atoms with van der Waals surface area (Å²) in [5.74, 6) is 0.524. The van der Waals surface area contributed by atoms with E-state index in [1.165, 1.54) is 0 Å². The zero-order valence-corrected chi connectivity index (χ0v) is 15.0. The van der Waals surface area contributed by atoms with E-state index in [1.54, 1.807) is 36.0 Å². The maximum absolute atomic E-state index is 12.8. The molecule has 3 aromatic heterocycles. The minimum absolute atomic E-state index is 0.103. The highest BCUT2D eigenvalue weighted by Gasteiger charge is 2.33. The third-order valence-electron chi connectivity index (χ3n) is 4.94. The average Bonchev–Trinajstić information content (AvgIpc) is 3.34. The SMILES string of the molecule is COc1ccn2c(C(=O)N[C@H]3CCO[C@@H]3c3cnn(C)c3C)cnc2c1.